The lowest BCUT2D eigenvalue weighted by molar-refractivity contribution is -0.181. The fourth-order valence-electron chi connectivity index (χ4n) is 2.07. The first kappa shape index (κ1) is 19.4. The molecule has 1 rings (SSSR count). The number of aliphatic hydroxyl groups is 6. The summed E-state index contributed by atoms with van der Waals surface area (Å²) in [7, 11) is 0. The zero-order valence-corrected chi connectivity index (χ0v) is 12.4. The smallest absolute Gasteiger partial charge is 0.239 e. The molecule has 128 valence electrons. The highest BCUT2D eigenvalue weighted by Crippen LogP contribution is 2.30. The molecule has 0 saturated carbocycles. The Hall–Kier alpha value is -1.68. The van der Waals surface area contributed by atoms with E-state index in [9.17, 15) is 35.1 Å². The van der Waals surface area contributed by atoms with E-state index in [1.165, 1.54) is 24.3 Å². The highest BCUT2D eigenvalue weighted by molar-refractivity contribution is 6.41. The van der Waals surface area contributed by atoms with E-state index in [1.807, 2.05) is 0 Å². The highest BCUT2D eigenvalue weighted by Gasteiger charge is 2.52. The van der Waals surface area contributed by atoms with Gasteiger partial charge in [-0.3, -0.25) is 9.59 Å². The predicted octanol–water partition coefficient (Wildman–Crippen LogP) is -2.53. The second-order valence-corrected chi connectivity index (χ2v) is 5.19. The summed E-state index contributed by atoms with van der Waals surface area (Å²) < 4.78 is 0. The Morgan fingerprint density at radius 3 is 2.04 bits per heavy atom. The summed E-state index contributed by atoms with van der Waals surface area (Å²) >= 11 is 0. The van der Waals surface area contributed by atoms with Gasteiger partial charge in [0.15, 0.2) is 5.60 Å². The van der Waals surface area contributed by atoms with Crippen molar-refractivity contribution < 1.29 is 40.2 Å². The third-order valence-electron chi connectivity index (χ3n) is 3.50. The van der Waals surface area contributed by atoms with Crippen LogP contribution in [0.5, 0.6) is 0 Å². The number of ketones is 2. The molecule has 0 bridgehead atoms. The van der Waals surface area contributed by atoms with E-state index < -0.39 is 48.2 Å². The van der Waals surface area contributed by atoms with Crippen LogP contribution < -0.4 is 0 Å². The molecule has 0 radical (unpaired) electrons. The van der Waals surface area contributed by atoms with Crippen molar-refractivity contribution >= 4 is 11.6 Å². The van der Waals surface area contributed by atoms with Crippen molar-refractivity contribution in [2.45, 2.75) is 36.9 Å². The van der Waals surface area contributed by atoms with Gasteiger partial charge in [0.1, 0.15) is 24.4 Å². The van der Waals surface area contributed by atoms with E-state index in [4.69, 9.17) is 5.11 Å². The van der Waals surface area contributed by atoms with Crippen LogP contribution in [0.4, 0.5) is 0 Å². The van der Waals surface area contributed by atoms with Gasteiger partial charge in [0.05, 0.1) is 6.61 Å². The summed E-state index contributed by atoms with van der Waals surface area (Å²) in [5.41, 5.74) is -3.11. The molecule has 0 aliphatic heterocycles. The van der Waals surface area contributed by atoms with Crippen molar-refractivity contribution in [3.8, 4) is 0 Å². The minimum Gasteiger partial charge on any atom is -0.394 e. The van der Waals surface area contributed by atoms with Gasteiger partial charge in [0.2, 0.25) is 11.6 Å². The third kappa shape index (κ3) is 3.81. The molecule has 5 atom stereocenters. The van der Waals surface area contributed by atoms with Crippen molar-refractivity contribution in [3.63, 3.8) is 0 Å². The molecular formula is C15H20O8. The van der Waals surface area contributed by atoms with E-state index in [0.29, 0.717) is 0 Å². The molecule has 0 aromatic heterocycles. The average Bonchev–Trinajstić information content (AvgIpc) is 2.58. The molecule has 0 spiro atoms. The van der Waals surface area contributed by atoms with Gasteiger partial charge in [-0.15, -0.1) is 0 Å². The summed E-state index contributed by atoms with van der Waals surface area (Å²) in [4.78, 5) is 24.1. The molecule has 6 N–H and O–H groups in total. The number of hydrogen-bond donors (Lipinski definition) is 6. The Morgan fingerprint density at radius 1 is 1.09 bits per heavy atom. The van der Waals surface area contributed by atoms with Crippen molar-refractivity contribution in [1.29, 1.82) is 0 Å². The summed E-state index contributed by atoms with van der Waals surface area (Å²) in [6, 6.07) is 6.85. The number of hydrogen-bond acceptors (Lipinski definition) is 8. The van der Waals surface area contributed by atoms with Crippen molar-refractivity contribution in [1.82, 2.24) is 0 Å². The number of aliphatic hydroxyl groups excluding tert-OH is 5. The SMILES string of the molecule is CC(O)C(=O)C(=O)C(O)(c1ccccc1)C(O)C(O)C(O)CO. The Morgan fingerprint density at radius 2 is 1.61 bits per heavy atom. The van der Waals surface area contributed by atoms with Crippen LogP contribution in [0.1, 0.15) is 12.5 Å². The van der Waals surface area contributed by atoms with Crippen LogP contribution in [0.3, 0.4) is 0 Å². The van der Waals surface area contributed by atoms with Crippen molar-refractivity contribution in [2.75, 3.05) is 6.61 Å². The Kier molecular flexibility index (Phi) is 6.51. The fraction of sp³-hybridized carbons (Fsp3) is 0.467. The second-order valence-electron chi connectivity index (χ2n) is 5.19. The molecule has 8 nitrogen and oxygen atoms in total. The van der Waals surface area contributed by atoms with Crippen molar-refractivity contribution in [2.24, 2.45) is 0 Å². The third-order valence-corrected chi connectivity index (χ3v) is 3.50. The van der Waals surface area contributed by atoms with Gasteiger partial charge in [-0.05, 0) is 12.5 Å². The monoisotopic (exact) mass is 328 g/mol. The van der Waals surface area contributed by atoms with Gasteiger partial charge in [-0.2, -0.15) is 0 Å². The fourth-order valence-corrected chi connectivity index (χ4v) is 2.07. The maximum Gasteiger partial charge on any atom is 0.239 e. The number of Topliss-reactive ketones (excluding diaryl/α,β-unsaturated/α-hetero) is 2. The van der Waals surface area contributed by atoms with Crippen LogP contribution in [0.15, 0.2) is 30.3 Å². The molecule has 5 unspecified atom stereocenters. The molecule has 0 amide bonds. The maximum atomic E-state index is 12.3. The molecule has 0 aliphatic rings. The number of carbonyl (C=O) groups is 2. The zero-order chi connectivity index (χ0) is 17.8. The molecule has 23 heavy (non-hydrogen) atoms. The lowest BCUT2D eigenvalue weighted by Gasteiger charge is -2.35. The quantitative estimate of drug-likeness (QED) is 0.285. The van der Waals surface area contributed by atoms with Gasteiger partial charge in [0, 0.05) is 0 Å². The molecular weight excluding hydrogens is 308 g/mol. The number of carbonyl (C=O) groups excluding carboxylic acids is 2. The Labute approximate surface area is 132 Å². The lowest BCUT2D eigenvalue weighted by atomic mass is 9.78. The summed E-state index contributed by atoms with van der Waals surface area (Å²) in [5.74, 6) is -2.92. The molecule has 0 heterocycles. The normalized spacial score (nSPS) is 19.3. The van der Waals surface area contributed by atoms with Gasteiger partial charge in [-0.1, -0.05) is 30.3 Å². The maximum absolute atomic E-state index is 12.3. The van der Waals surface area contributed by atoms with Gasteiger partial charge < -0.3 is 30.6 Å². The van der Waals surface area contributed by atoms with E-state index in [-0.39, 0.29) is 5.56 Å². The first-order valence-electron chi connectivity index (χ1n) is 6.87. The van der Waals surface area contributed by atoms with Crippen LogP contribution in [0, 0.1) is 0 Å². The summed E-state index contributed by atoms with van der Waals surface area (Å²) in [5, 5.41) is 58.2. The van der Waals surface area contributed by atoms with Gasteiger partial charge in [0.25, 0.3) is 0 Å². The van der Waals surface area contributed by atoms with Crippen LogP contribution in [0.2, 0.25) is 0 Å². The number of rotatable bonds is 8. The molecule has 0 fully saturated rings. The molecule has 0 aliphatic carbocycles. The minimum absolute atomic E-state index is 0.212. The second kappa shape index (κ2) is 7.73. The predicted molar refractivity (Wildman–Crippen MR) is 77.1 cm³/mol. The number of benzene rings is 1. The molecule has 1 aromatic carbocycles. The van der Waals surface area contributed by atoms with E-state index >= 15 is 0 Å². The van der Waals surface area contributed by atoms with Crippen LogP contribution in [-0.2, 0) is 15.2 Å². The molecule has 1 aromatic rings. The average molecular weight is 328 g/mol. The zero-order valence-electron chi connectivity index (χ0n) is 12.4. The van der Waals surface area contributed by atoms with Crippen LogP contribution in [-0.4, -0.2) is 73.2 Å². The summed E-state index contributed by atoms with van der Waals surface area (Å²) in [6.07, 6.45) is -8.02. The first-order valence-corrected chi connectivity index (χ1v) is 6.87. The van der Waals surface area contributed by atoms with E-state index in [2.05, 4.69) is 0 Å². The van der Waals surface area contributed by atoms with Gasteiger partial charge >= 0.3 is 0 Å². The van der Waals surface area contributed by atoms with Gasteiger partial charge in [-0.25, -0.2) is 0 Å². The summed E-state index contributed by atoms with van der Waals surface area (Å²) in [6.45, 7) is 0.0681. The highest BCUT2D eigenvalue weighted by atomic mass is 16.4. The molecule has 0 saturated heterocycles. The van der Waals surface area contributed by atoms with Crippen molar-refractivity contribution in [3.05, 3.63) is 35.9 Å². The van der Waals surface area contributed by atoms with Crippen LogP contribution >= 0.6 is 0 Å². The lowest BCUT2D eigenvalue weighted by Crippen LogP contribution is -2.58. The largest absolute Gasteiger partial charge is 0.394 e. The first-order chi connectivity index (χ1) is 10.7. The Bertz CT molecular complexity index is 544. The Balaban J connectivity index is 3.38. The van der Waals surface area contributed by atoms with Crippen LogP contribution in [0.25, 0.3) is 0 Å². The standard InChI is InChI=1S/C15H20O8/c1-8(17)11(19)13(21)15(23,9-5-3-2-4-6-9)14(22)12(20)10(18)7-16/h2-6,8,10,12,14,16-18,20,22-23H,7H2,1H3. The molecule has 8 heteroatoms. The van der Waals surface area contributed by atoms with E-state index in [1.54, 1.807) is 6.07 Å². The topological polar surface area (TPSA) is 156 Å². The van der Waals surface area contributed by atoms with E-state index in [0.717, 1.165) is 6.92 Å². The minimum atomic E-state index is -2.90.